The second-order valence-corrected chi connectivity index (χ2v) is 6.90. The second-order valence-electron chi connectivity index (χ2n) is 5.22. The van der Waals surface area contributed by atoms with E-state index in [4.69, 9.17) is 17.3 Å². The molecule has 1 fully saturated rings. The van der Waals surface area contributed by atoms with Crippen LogP contribution in [0.25, 0.3) is 6.08 Å². The van der Waals surface area contributed by atoms with Gasteiger partial charge in [-0.2, -0.15) is 0 Å². The Morgan fingerprint density at radius 2 is 1.96 bits per heavy atom. The summed E-state index contributed by atoms with van der Waals surface area (Å²) in [6, 6.07) is 11.8. The van der Waals surface area contributed by atoms with Crippen molar-refractivity contribution in [2.75, 3.05) is 4.90 Å². The number of carboxylic acid groups (broad SMARTS) is 1. The van der Waals surface area contributed by atoms with Gasteiger partial charge in [0.25, 0.3) is 11.6 Å². The minimum Gasteiger partial charge on any atom is -0.478 e. The number of rotatable bonds is 4. The largest absolute Gasteiger partial charge is 0.478 e. The number of carbonyl (C=O) groups excluding carboxylic acids is 1. The van der Waals surface area contributed by atoms with Crippen molar-refractivity contribution in [3.8, 4) is 0 Å². The lowest BCUT2D eigenvalue weighted by Gasteiger charge is -2.14. The summed E-state index contributed by atoms with van der Waals surface area (Å²) in [7, 11) is 0. The molecule has 0 atom stereocenters. The average molecular weight is 386 g/mol. The first kappa shape index (κ1) is 17.8. The van der Waals surface area contributed by atoms with E-state index >= 15 is 0 Å². The standard InChI is InChI=1S/C17H10N2O5S2/c20-15-14(8-10-3-1-6-13(7-10)19(23)24)26-17(25)18(15)12-5-2-4-11(9-12)16(21)22/h1-9H,(H,21,22)/b14-8-. The number of hydrogen-bond acceptors (Lipinski definition) is 6. The molecule has 0 saturated carbocycles. The summed E-state index contributed by atoms with van der Waals surface area (Å²) in [4.78, 5) is 35.7. The van der Waals surface area contributed by atoms with Crippen LogP contribution in [0.2, 0.25) is 0 Å². The Kier molecular flexibility index (Phi) is 4.83. The summed E-state index contributed by atoms with van der Waals surface area (Å²) in [6.45, 7) is 0. The molecule has 7 nitrogen and oxygen atoms in total. The molecular weight excluding hydrogens is 376 g/mol. The predicted octanol–water partition coefficient (Wildman–Crippen LogP) is 3.70. The minimum atomic E-state index is -1.11. The van der Waals surface area contributed by atoms with Gasteiger partial charge in [-0.05, 0) is 29.8 Å². The average Bonchev–Trinajstić information content (AvgIpc) is 2.88. The molecule has 26 heavy (non-hydrogen) atoms. The van der Waals surface area contributed by atoms with E-state index < -0.39 is 16.8 Å². The maximum absolute atomic E-state index is 12.7. The van der Waals surface area contributed by atoms with Crippen molar-refractivity contribution in [1.82, 2.24) is 0 Å². The summed E-state index contributed by atoms with van der Waals surface area (Å²) in [5.41, 5.74) is 0.816. The van der Waals surface area contributed by atoms with Crippen LogP contribution in [0.5, 0.6) is 0 Å². The maximum Gasteiger partial charge on any atom is 0.335 e. The van der Waals surface area contributed by atoms with Crippen molar-refractivity contribution in [3.05, 3.63) is 74.7 Å². The van der Waals surface area contributed by atoms with Crippen LogP contribution in [0.1, 0.15) is 15.9 Å². The zero-order chi connectivity index (χ0) is 18.8. The summed E-state index contributed by atoms with van der Waals surface area (Å²) >= 11 is 6.29. The van der Waals surface area contributed by atoms with Crippen molar-refractivity contribution < 1.29 is 19.6 Å². The number of thiocarbonyl (C=S) groups is 1. The van der Waals surface area contributed by atoms with Gasteiger partial charge in [0.05, 0.1) is 21.1 Å². The Hall–Kier alpha value is -3.04. The maximum atomic E-state index is 12.7. The molecule has 1 aliphatic rings. The highest BCUT2D eigenvalue weighted by Gasteiger charge is 2.33. The fourth-order valence-corrected chi connectivity index (χ4v) is 3.65. The molecule has 9 heteroatoms. The Morgan fingerprint density at radius 3 is 2.65 bits per heavy atom. The first-order chi connectivity index (χ1) is 12.4. The number of hydrogen-bond donors (Lipinski definition) is 1. The molecule has 1 amide bonds. The van der Waals surface area contributed by atoms with Crippen molar-refractivity contribution in [2.45, 2.75) is 0 Å². The third-order valence-corrected chi connectivity index (χ3v) is 4.83. The van der Waals surface area contributed by atoms with E-state index in [9.17, 15) is 19.7 Å². The number of amides is 1. The Labute approximate surface area is 157 Å². The van der Waals surface area contributed by atoms with Crippen molar-refractivity contribution in [1.29, 1.82) is 0 Å². The van der Waals surface area contributed by atoms with Crippen LogP contribution in [0.4, 0.5) is 11.4 Å². The highest BCUT2D eigenvalue weighted by molar-refractivity contribution is 8.27. The zero-order valence-corrected chi connectivity index (χ0v) is 14.6. The summed E-state index contributed by atoms with van der Waals surface area (Å²) < 4.78 is 0.259. The van der Waals surface area contributed by atoms with E-state index in [0.717, 1.165) is 11.8 Å². The molecule has 0 unspecified atom stereocenters. The third kappa shape index (κ3) is 3.48. The molecule has 2 aromatic rings. The number of nitro groups is 1. The molecule has 0 bridgehead atoms. The topological polar surface area (TPSA) is 101 Å². The number of nitrogens with zero attached hydrogens (tertiary/aromatic N) is 2. The summed E-state index contributed by atoms with van der Waals surface area (Å²) in [6.07, 6.45) is 1.52. The number of non-ortho nitro benzene ring substituents is 1. The molecule has 1 aliphatic heterocycles. The van der Waals surface area contributed by atoms with Crippen LogP contribution in [-0.4, -0.2) is 26.2 Å². The molecule has 3 rings (SSSR count). The summed E-state index contributed by atoms with van der Waals surface area (Å²) in [5, 5.41) is 20.0. The van der Waals surface area contributed by atoms with Crippen LogP contribution in [-0.2, 0) is 4.79 Å². The first-order valence-corrected chi connectivity index (χ1v) is 8.45. The van der Waals surface area contributed by atoms with E-state index in [1.165, 1.54) is 47.4 Å². The van der Waals surface area contributed by atoms with E-state index in [1.54, 1.807) is 12.1 Å². The van der Waals surface area contributed by atoms with Gasteiger partial charge in [0, 0.05) is 12.1 Å². The van der Waals surface area contributed by atoms with Crippen LogP contribution in [0, 0.1) is 10.1 Å². The van der Waals surface area contributed by atoms with E-state index in [2.05, 4.69) is 0 Å². The van der Waals surface area contributed by atoms with Gasteiger partial charge in [0.1, 0.15) is 0 Å². The van der Waals surface area contributed by atoms with E-state index in [-0.39, 0.29) is 15.6 Å². The fraction of sp³-hybridized carbons (Fsp3) is 0. The van der Waals surface area contributed by atoms with Gasteiger partial charge in [-0.25, -0.2) is 4.79 Å². The lowest BCUT2D eigenvalue weighted by atomic mass is 10.1. The van der Waals surface area contributed by atoms with E-state index in [0.29, 0.717) is 16.2 Å². The highest BCUT2D eigenvalue weighted by atomic mass is 32.2. The number of nitro benzene ring substituents is 1. The molecule has 0 radical (unpaired) electrons. The predicted molar refractivity (Wildman–Crippen MR) is 102 cm³/mol. The zero-order valence-electron chi connectivity index (χ0n) is 13.0. The van der Waals surface area contributed by atoms with Gasteiger partial charge in [-0.15, -0.1) is 0 Å². The van der Waals surface area contributed by atoms with Gasteiger partial charge in [0.15, 0.2) is 4.32 Å². The SMILES string of the molecule is O=C(O)c1cccc(N2C(=O)/C(=C/c3cccc([N+](=O)[O-])c3)SC2=S)c1. The van der Waals surface area contributed by atoms with Crippen molar-refractivity contribution in [3.63, 3.8) is 0 Å². The Morgan fingerprint density at radius 1 is 1.23 bits per heavy atom. The minimum absolute atomic E-state index is 0.0409. The molecule has 1 saturated heterocycles. The Bertz CT molecular complexity index is 987. The number of anilines is 1. The quantitative estimate of drug-likeness (QED) is 0.370. The molecule has 1 N–H and O–H groups in total. The van der Waals surface area contributed by atoms with Gasteiger partial charge < -0.3 is 5.11 Å². The van der Waals surface area contributed by atoms with Gasteiger partial charge in [0.2, 0.25) is 0 Å². The van der Waals surface area contributed by atoms with Crippen LogP contribution in [0.15, 0.2) is 53.4 Å². The monoisotopic (exact) mass is 386 g/mol. The molecule has 0 aromatic heterocycles. The van der Waals surface area contributed by atoms with Crippen molar-refractivity contribution >= 4 is 57.6 Å². The number of aromatic carboxylic acids is 1. The molecule has 0 aliphatic carbocycles. The van der Waals surface area contributed by atoms with E-state index in [1.807, 2.05) is 0 Å². The fourth-order valence-electron chi connectivity index (χ4n) is 2.35. The smallest absolute Gasteiger partial charge is 0.335 e. The normalized spacial score (nSPS) is 15.5. The van der Waals surface area contributed by atoms with Crippen LogP contribution < -0.4 is 4.90 Å². The highest BCUT2D eigenvalue weighted by Crippen LogP contribution is 2.36. The Balaban J connectivity index is 1.94. The number of benzene rings is 2. The molecular formula is C17H10N2O5S2. The van der Waals surface area contributed by atoms with Gasteiger partial charge in [-0.1, -0.05) is 42.2 Å². The third-order valence-electron chi connectivity index (χ3n) is 3.52. The van der Waals surface area contributed by atoms with Gasteiger partial charge >= 0.3 is 5.97 Å². The molecule has 130 valence electrons. The lowest BCUT2D eigenvalue weighted by molar-refractivity contribution is -0.384. The first-order valence-electron chi connectivity index (χ1n) is 7.22. The molecule has 2 aromatic carbocycles. The van der Waals surface area contributed by atoms with Crippen molar-refractivity contribution in [2.24, 2.45) is 0 Å². The van der Waals surface area contributed by atoms with Crippen LogP contribution >= 0.6 is 24.0 Å². The van der Waals surface area contributed by atoms with Crippen LogP contribution in [0.3, 0.4) is 0 Å². The number of thioether (sulfide) groups is 1. The lowest BCUT2D eigenvalue weighted by Crippen LogP contribution is -2.27. The summed E-state index contributed by atoms with van der Waals surface area (Å²) in [5.74, 6) is -1.52. The second kappa shape index (κ2) is 7.06. The molecule has 0 spiro atoms. The number of carboxylic acids is 1. The number of carbonyl (C=O) groups is 2. The molecule has 1 heterocycles. The van der Waals surface area contributed by atoms with Gasteiger partial charge in [-0.3, -0.25) is 19.8 Å².